The Labute approximate surface area is 206 Å². The lowest BCUT2D eigenvalue weighted by Gasteiger charge is -2.24. The predicted molar refractivity (Wildman–Crippen MR) is 135 cm³/mol. The van der Waals surface area contributed by atoms with Gasteiger partial charge in [-0.2, -0.15) is 5.10 Å². The Morgan fingerprint density at radius 2 is 1.91 bits per heavy atom. The molecule has 2 aromatic rings. The second-order valence-electron chi connectivity index (χ2n) is 8.49. The van der Waals surface area contributed by atoms with E-state index in [0.717, 1.165) is 43.6 Å². The molecule has 2 aromatic carbocycles. The standard InChI is InChI=1S/C26H31N3O4.ClH/c1-2-33-25(30)16-20-5-6-21-9-10-24(17-23(21)15-20)28-26(31)22-7-3-19(4-8-22)18-27-29-11-13-32-14-12-29;/h3-4,7-10,17-18,20H,2,5-6,11-16H2,1H3,(H,28,31);1H/b27-18+;. The van der Waals surface area contributed by atoms with E-state index in [2.05, 4.69) is 16.5 Å². The number of nitrogens with zero attached hydrogens (tertiary/aromatic N) is 2. The Morgan fingerprint density at radius 1 is 1.15 bits per heavy atom. The Kier molecular flexibility index (Phi) is 9.48. The van der Waals surface area contributed by atoms with E-state index >= 15 is 0 Å². The molecule has 0 saturated carbocycles. The van der Waals surface area contributed by atoms with Crippen molar-refractivity contribution in [2.24, 2.45) is 11.0 Å². The van der Waals surface area contributed by atoms with Gasteiger partial charge in [0.2, 0.25) is 0 Å². The molecule has 0 spiro atoms. The molecule has 0 aromatic heterocycles. The summed E-state index contributed by atoms with van der Waals surface area (Å²) >= 11 is 0. The lowest BCUT2D eigenvalue weighted by Crippen LogP contribution is -2.32. The van der Waals surface area contributed by atoms with Gasteiger partial charge < -0.3 is 14.8 Å². The highest BCUT2D eigenvalue weighted by atomic mass is 35.5. The molecule has 7 nitrogen and oxygen atoms in total. The number of nitrogens with one attached hydrogen (secondary N) is 1. The molecule has 34 heavy (non-hydrogen) atoms. The second kappa shape index (κ2) is 12.5. The summed E-state index contributed by atoms with van der Waals surface area (Å²) in [6.45, 7) is 5.23. The van der Waals surface area contributed by atoms with Crippen LogP contribution in [0.1, 0.15) is 46.8 Å². The Balaban J connectivity index is 0.00000324. The fraction of sp³-hybridized carbons (Fsp3) is 0.423. The van der Waals surface area contributed by atoms with Gasteiger partial charge in [-0.05, 0) is 73.1 Å². The van der Waals surface area contributed by atoms with Crippen LogP contribution < -0.4 is 5.32 Å². The number of hydrogen-bond donors (Lipinski definition) is 1. The SMILES string of the molecule is CCOC(=O)CC1CCc2ccc(NC(=O)c3ccc(/C=N/N4CCOCC4)cc3)cc2C1.Cl. The zero-order valence-corrected chi connectivity index (χ0v) is 20.3. The van der Waals surface area contributed by atoms with Crippen LogP contribution in [0.3, 0.4) is 0 Å². The van der Waals surface area contributed by atoms with E-state index in [0.29, 0.717) is 31.8 Å². The van der Waals surface area contributed by atoms with Gasteiger partial charge in [-0.1, -0.05) is 18.2 Å². The van der Waals surface area contributed by atoms with Crippen molar-refractivity contribution < 1.29 is 19.1 Å². The maximum Gasteiger partial charge on any atom is 0.306 e. The normalized spacial score (nSPS) is 17.6. The van der Waals surface area contributed by atoms with Gasteiger partial charge in [0.25, 0.3) is 5.91 Å². The van der Waals surface area contributed by atoms with Gasteiger partial charge in [-0.3, -0.25) is 14.6 Å². The minimum absolute atomic E-state index is 0. The van der Waals surface area contributed by atoms with E-state index in [1.165, 1.54) is 11.1 Å². The van der Waals surface area contributed by atoms with Crippen molar-refractivity contribution >= 4 is 36.2 Å². The van der Waals surface area contributed by atoms with Crippen molar-refractivity contribution in [2.45, 2.75) is 32.6 Å². The summed E-state index contributed by atoms with van der Waals surface area (Å²) in [7, 11) is 0. The topological polar surface area (TPSA) is 80.2 Å². The molecule has 1 unspecified atom stereocenters. The number of amides is 1. The fourth-order valence-electron chi connectivity index (χ4n) is 4.28. The van der Waals surface area contributed by atoms with Crippen molar-refractivity contribution in [3.8, 4) is 0 Å². The molecular weight excluding hydrogens is 454 g/mol. The first-order valence-electron chi connectivity index (χ1n) is 11.7. The number of carbonyl (C=O) groups excluding carboxylic acids is 2. The first kappa shape index (κ1) is 25.7. The number of esters is 1. The average molecular weight is 486 g/mol. The number of carbonyl (C=O) groups is 2. The van der Waals surface area contributed by atoms with Gasteiger partial charge >= 0.3 is 5.97 Å². The van der Waals surface area contributed by atoms with E-state index in [1.54, 1.807) is 0 Å². The highest BCUT2D eigenvalue weighted by molar-refractivity contribution is 6.04. The van der Waals surface area contributed by atoms with Crippen molar-refractivity contribution in [1.82, 2.24) is 5.01 Å². The van der Waals surface area contributed by atoms with Gasteiger partial charge in [0.05, 0.1) is 39.1 Å². The molecule has 1 saturated heterocycles. The minimum atomic E-state index is -0.148. The van der Waals surface area contributed by atoms with Crippen molar-refractivity contribution in [3.05, 3.63) is 64.7 Å². The third kappa shape index (κ3) is 7.05. The van der Waals surface area contributed by atoms with E-state index in [1.807, 2.05) is 54.5 Å². The van der Waals surface area contributed by atoms with E-state index in [4.69, 9.17) is 9.47 Å². The largest absolute Gasteiger partial charge is 0.466 e. The third-order valence-corrected chi connectivity index (χ3v) is 6.09. The summed E-state index contributed by atoms with van der Waals surface area (Å²) in [4.78, 5) is 24.6. The van der Waals surface area contributed by atoms with Crippen LogP contribution in [0, 0.1) is 5.92 Å². The number of hydrogen-bond acceptors (Lipinski definition) is 6. The summed E-state index contributed by atoms with van der Waals surface area (Å²) in [5, 5.41) is 9.45. The molecule has 0 radical (unpaired) electrons. The van der Waals surface area contributed by atoms with E-state index in [-0.39, 0.29) is 30.2 Å². The summed E-state index contributed by atoms with van der Waals surface area (Å²) < 4.78 is 10.4. The summed E-state index contributed by atoms with van der Waals surface area (Å²) in [5.41, 5.74) is 4.80. The maximum atomic E-state index is 12.8. The van der Waals surface area contributed by atoms with Gasteiger partial charge in [0.1, 0.15) is 0 Å². The number of ether oxygens (including phenoxy) is 2. The number of rotatable bonds is 7. The van der Waals surface area contributed by atoms with Gasteiger partial charge in [0, 0.05) is 17.7 Å². The molecule has 1 fully saturated rings. The van der Waals surface area contributed by atoms with E-state index < -0.39 is 0 Å². The minimum Gasteiger partial charge on any atom is -0.466 e. The maximum absolute atomic E-state index is 12.8. The van der Waals surface area contributed by atoms with Crippen molar-refractivity contribution in [3.63, 3.8) is 0 Å². The van der Waals surface area contributed by atoms with Crippen molar-refractivity contribution in [1.29, 1.82) is 0 Å². The van der Waals surface area contributed by atoms with Crippen molar-refractivity contribution in [2.75, 3.05) is 38.2 Å². The molecule has 1 N–H and O–H groups in total. The molecule has 2 aliphatic rings. The first-order chi connectivity index (χ1) is 16.1. The third-order valence-electron chi connectivity index (χ3n) is 6.09. The first-order valence-corrected chi connectivity index (χ1v) is 11.7. The molecular formula is C26H32ClN3O4. The number of fused-ring (bicyclic) bond motifs is 1. The lowest BCUT2D eigenvalue weighted by atomic mass is 9.82. The van der Waals surface area contributed by atoms with Crippen LogP contribution in [0.5, 0.6) is 0 Å². The molecule has 1 aliphatic carbocycles. The molecule has 182 valence electrons. The van der Waals surface area contributed by atoms with Gasteiger partial charge in [0.15, 0.2) is 0 Å². The van der Waals surface area contributed by atoms with Crippen LogP contribution in [0.15, 0.2) is 47.6 Å². The van der Waals surface area contributed by atoms with Crippen LogP contribution >= 0.6 is 12.4 Å². The number of hydrazone groups is 1. The Bertz CT molecular complexity index is 1000. The van der Waals surface area contributed by atoms with Gasteiger partial charge in [-0.25, -0.2) is 0 Å². The Morgan fingerprint density at radius 3 is 2.65 bits per heavy atom. The predicted octanol–water partition coefficient (Wildman–Crippen LogP) is 4.08. The van der Waals surface area contributed by atoms with Crippen LogP contribution in [0.2, 0.25) is 0 Å². The zero-order valence-electron chi connectivity index (χ0n) is 19.5. The summed E-state index contributed by atoms with van der Waals surface area (Å²) in [6, 6.07) is 13.5. The highest BCUT2D eigenvalue weighted by Gasteiger charge is 2.22. The average Bonchev–Trinajstić information content (AvgIpc) is 2.83. The van der Waals surface area contributed by atoms with Crippen LogP contribution in [-0.2, 0) is 27.1 Å². The summed E-state index contributed by atoms with van der Waals surface area (Å²) in [5.74, 6) is 0.00789. The van der Waals surface area contributed by atoms with Crippen LogP contribution in [0.25, 0.3) is 0 Å². The number of morpholine rings is 1. The molecule has 1 amide bonds. The van der Waals surface area contributed by atoms with Gasteiger partial charge in [-0.15, -0.1) is 12.4 Å². The molecule has 1 aliphatic heterocycles. The smallest absolute Gasteiger partial charge is 0.306 e. The number of aryl methyl sites for hydroxylation is 1. The molecule has 8 heteroatoms. The lowest BCUT2D eigenvalue weighted by molar-refractivity contribution is -0.144. The molecule has 1 atom stereocenters. The molecule has 0 bridgehead atoms. The van der Waals surface area contributed by atoms with E-state index in [9.17, 15) is 9.59 Å². The van der Waals surface area contributed by atoms with Crippen LogP contribution in [-0.4, -0.2) is 56.0 Å². The number of anilines is 1. The fourth-order valence-corrected chi connectivity index (χ4v) is 4.28. The quantitative estimate of drug-likeness (QED) is 0.472. The number of benzene rings is 2. The Hall–Kier alpha value is -2.90. The monoisotopic (exact) mass is 485 g/mol. The highest BCUT2D eigenvalue weighted by Crippen LogP contribution is 2.30. The molecule has 4 rings (SSSR count). The second-order valence-corrected chi connectivity index (χ2v) is 8.49. The number of halogens is 1. The summed E-state index contributed by atoms with van der Waals surface area (Å²) in [6.07, 6.45) is 5.02. The molecule has 1 heterocycles. The van der Waals surface area contributed by atoms with Crippen LogP contribution in [0.4, 0.5) is 5.69 Å². The zero-order chi connectivity index (χ0) is 23.0.